The topological polar surface area (TPSA) is 60.9 Å². The number of aliphatic carboxylic acids is 1. The van der Waals surface area contributed by atoms with E-state index in [-0.39, 0.29) is 43.2 Å². The number of nitrogens with zero attached hydrogens (tertiary/aromatic N) is 2. The van der Waals surface area contributed by atoms with E-state index in [9.17, 15) is 23.5 Å². The van der Waals surface area contributed by atoms with E-state index in [2.05, 4.69) is 0 Å². The summed E-state index contributed by atoms with van der Waals surface area (Å²) in [5.74, 6) is -2.97. The Morgan fingerprint density at radius 1 is 1.27 bits per heavy atom. The molecule has 2 atom stereocenters. The van der Waals surface area contributed by atoms with Crippen LogP contribution in [-0.4, -0.2) is 53.0 Å². The van der Waals surface area contributed by atoms with Crippen LogP contribution in [0.5, 0.6) is 0 Å². The van der Waals surface area contributed by atoms with Crippen LogP contribution < -0.4 is 0 Å². The second kappa shape index (κ2) is 6.01. The molecule has 5 nitrogen and oxygen atoms in total. The zero-order chi connectivity index (χ0) is 18.6. The van der Waals surface area contributed by atoms with Crippen LogP contribution in [-0.2, 0) is 16.1 Å². The summed E-state index contributed by atoms with van der Waals surface area (Å²) in [6, 6.07) is 3.04. The molecule has 1 aromatic carbocycles. The molecule has 0 bridgehead atoms. The van der Waals surface area contributed by atoms with Crippen molar-refractivity contribution in [1.29, 1.82) is 0 Å². The van der Waals surface area contributed by atoms with Crippen molar-refractivity contribution in [2.24, 2.45) is 17.3 Å². The number of likely N-dealkylation sites (tertiary alicyclic amines) is 2. The number of halogens is 2. The van der Waals surface area contributed by atoms with E-state index in [0.29, 0.717) is 12.5 Å². The lowest BCUT2D eigenvalue weighted by molar-refractivity contribution is -0.149. The van der Waals surface area contributed by atoms with Crippen LogP contribution in [0.2, 0.25) is 0 Å². The average molecular weight is 364 g/mol. The zero-order valence-corrected chi connectivity index (χ0v) is 14.7. The highest BCUT2D eigenvalue weighted by atomic mass is 19.2. The maximum atomic E-state index is 14.2. The van der Waals surface area contributed by atoms with Gasteiger partial charge in [0, 0.05) is 38.3 Å². The van der Waals surface area contributed by atoms with Crippen molar-refractivity contribution in [3.63, 3.8) is 0 Å². The number of hydrogen-bond acceptors (Lipinski definition) is 3. The summed E-state index contributed by atoms with van der Waals surface area (Å²) in [6.07, 6.45) is 2.19. The molecule has 2 heterocycles. The molecule has 26 heavy (non-hydrogen) atoms. The minimum atomic E-state index is -1.15. The van der Waals surface area contributed by atoms with Crippen molar-refractivity contribution >= 4 is 11.9 Å². The number of benzene rings is 1. The Morgan fingerprint density at radius 2 is 2.00 bits per heavy atom. The molecular formula is C19H22F2N2O3. The summed E-state index contributed by atoms with van der Waals surface area (Å²) in [5, 5.41) is 9.84. The maximum absolute atomic E-state index is 14.2. The summed E-state index contributed by atoms with van der Waals surface area (Å²) >= 11 is 0. The van der Waals surface area contributed by atoms with E-state index in [4.69, 9.17) is 0 Å². The maximum Gasteiger partial charge on any atom is 0.313 e. The number of carboxylic acid groups (broad SMARTS) is 1. The van der Waals surface area contributed by atoms with Gasteiger partial charge in [-0.05, 0) is 31.2 Å². The fourth-order valence-corrected chi connectivity index (χ4v) is 4.34. The molecule has 3 aliphatic rings. The van der Waals surface area contributed by atoms with Crippen LogP contribution in [0.15, 0.2) is 12.1 Å². The van der Waals surface area contributed by atoms with Gasteiger partial charge in [-0.1, -0.05) is 12.1 Å². The highest BCUT2D eigenvalue weighted by molar-refractivity contribution is 5.92. The quantitative estimate of drug-likeness (QED) is 0.869. The van der Waals surface area contributed by atoms with Gasteiger partial charge in [-0.15, -0.1) is 0 Å². The molecule has 0 spiro atoms. The van der Waals surface area contributed by atoms with Crippen LogP contribution in [0, 0.1) is 35.8 Å². The van der Waals surface area contributed by atoms with Gasteiger partial charge in [0.05, 0.1) is 5.92 Å². The van der Waals surface area contributed by atoms with Crippen LogP contribution in [0.25, 0.3) is 0 Å². The highest BCUT2D eigenvalue weighted by Crippen LogP contribution is 2.45. The largest absolute Gasteiger partial charge is 0.481 e. The summed E-state index contributed by atoms with van der Waals surface area (Å²) in [6.45, 7) is 2.89. The molecule has 1 amide bonds. The molecule has 3 fully saturated rings. The van der Waals surface area contributed by atoms with Gasteiger partial charge in [0.2, 0.25) is 5.91 Å². The molecule has 0 radical (unpaired) electrons. The van der Waals surface area contributed by atoms with Gasteiger partial charge in [-0.2, -0.15) is 0 Å². The van der Waals surface area contributed by atoms with E-state index in [1.807, 2.05) is 0 Å². The van der Waals surface area contributed by atoms with E-state index in [0.717, 1.165) is 12.8 Å². The molecule has 4 rings (SSSR count). The number of amides is 1. The summed E-state index contributed by atoms with van der Waals surface area (Å²) in [7, 11) is 0. The van der Waals surface area contributed by atoms with Crippen molar-refractivity contribution in [2.75, 3.05) is 26.2 Å². The first-order chi connectivity index (χ1) is 12.3. The Balaban J connectivity index is 1.53. The van der Waals surface area contributed by atoms with Crippen molar-refractivity contribution in [2.45, 2.75) is 26.3 Å². The third-order valence-corrected chi connectivity index (χ3v) is 6.05. The Morgan fingerprint density at radius 3 is 2.62 bits per heavy atom. The third kappa shape index (κ3) is 2.69. The lowest BCUT2D eigenvalue weighted by atomic mass is 9.81. The third-order valence-electron chi connectivity index (χ3n) is 6.05. The van der Waals surface area contributed by atoms with Crippen LogP contribution >= 0.6 is 0 Å². The zero-order valence-electron chi connectivity index (χ0n) is 14.7. The van der Waals surface area contributed by atoms with Gasteiger partial charge in [-0.3, -0.25) is 14.5 Å². The minimum absolute atomic E-state index is 0.102. The fourth-order valence-electron chi connectivity index (χ4n) is 4.34. The number of carboxylic acids is 1. The molecule has 0 aromatic heterocycles. The fraction of sp³-hybridized carbons (Fsp3) is 0.579. The SMILES string of the molecule is Cc1ccc(CN2C[C@H]3C(=O)N(CC4CC4)C[C@@]3(C(=O)O)C2)c(F)c1F. The second-order valence-corrected chi connectivity index (χ2v) is 8.02. The van der Waals surface area contributed by atoms with Gasteiger partial charge < -0.3 is 10.0 Å². The summed E-state index contributed by atoms with van der Waals surface area (Å²) < 4.78 is 27.9. The molecule has 2 saturated heterocycles. The summed E-state index contributed by atoms with van der Waals surface area (Å²) in [5.41, 5.74) is -0.723. The lowest BCUT2D eigenvalue weighted by Crippen LogP contribution is -2.41. The smallest absolute Gasteiger partial charge is 0.313 e. The number of rotatable bonds is 5. The van der Waals surface area contributed by atoms with Gasteiger partial charge >= 0.3 is 5.97 Å². The first-order valence-electron chi connectivity index (χ1n) is 9.00. The minimum Gasteiger partial charge on any atom is -0.481 e. The number of hydrogen-bond donors (Lipinski definition) is 1. The van der Waals surface area contributed by atoms with E-state index in [1.54, 1.807) is 9.80 Å². The second-order valence-electron chi connectivity index (χ2n) is 8.02. The standard InChI is InChI=1S/C19H22F2N2O3/c1-11-2-5-13(16(21)15(11)20)7-22-8-14-17(24)23(6-12-3-4-12)10-19(14,9-22)18(25)26/h2,5,12,14H,3-4,6-10H2,1H3,(H,25,26)/t14-,19-/m0/s1. The number of aryl methyl sites for hydroxylation is 1. The average Bonchev–Trinajstić information content (AvgIpc) is 3.28. The van der Waals surface area contributed by atoms with Gasteiger partial charge in [0.15, 0.2) is 11.6 Å². The van der Waals surface area contributed by atoms with Crippen molar-refractivity contribution in [3.05, 3.63) is 34.9 Å². The molecule has 1 aromatic rings. The molecular weight excluding hydrogens is 342 g/mol. The van der Waals surface area contributed by atoms with Gasteiger partial charge in [0.1, 0.15) is 5.41 Å². The Hall–Kier alpha value is -2.02. The molecule has 1 N–H and O–H groups in total. The monoisotopic (exact) mass is 364 g/mol. The first kappa shape index (κ1) is 17.4. The van der Waals surface area contributed by atoms with E-state index in [1.165, 1.54) is 19.1 Å². The van der Waals surface area contributed by atoms with Crippen LogP contribution in [0.3, 0.4) is 0 Å². The van der Waals surface area contributed by atoms with Crippen molar-refractivity contribution < 1.29 is 23.5 Å². The first-order valence-corrected chi connectivity index (χ1v) is 9.00. The molecule has 140 valence electrons. The van der Waals surface area contributed by atoms with Crippen molar-refractivity contribution in [3.8, 4) is 0 Å². The van der Waals surface area contributed by atoms with E-state index < -0.39 is 28.9 Å². The van der Waals surface area contributed by atoms with Gasteiger partial charge in [-0.25, -0.2) is 8.78 Å². The molecule has 1 saturated carbocycles. The Kier molecular flexibility index (Phi) is 4.02. The van der Waals surface area contributed by atoms with Crippen LogP contribution in [0.1, 0.15) is 24.0 Å². The normalized spacial score (nSPS) is 28.7. The number of carbonyl (C=O) groups is 2. The van der Waals surface area contributed by atoms with Crippen LogP contribution in [0.4, 0.5) is 8.78 Å². The predicted octanol–water partition coefficient (Wildman–Crippen LogP) is 2.03. The Bertz CT molecular complexity index is 780. The highest BCUT2D eigenvalue weighted by Gasteiger charge is 2.62. The lowest BCUT2D eigenvalue weighted by Gasteiger charge is -2.25. The van der Waals surface area contributed by atoms with Gasteiger partial charge in [0.25, 0.3) is 0 Å². The van der Waals surface area contributed by atoms with E-state index >= 15 is 0 Å². The van der Waals surface area contributed by atoms with Crippen molar-refractivity contribution in [1.82, 2.24) is 9.80 Å². The number of carbonyl (C=O) groups excluding carboxylic acids is 1. The summed E-state index contributed by atoms with van der Waals surface area (Å²) in [4.78, 5) is 28.2. The predicted molar refractivity (Wildman–Crippen MR) is 89.2 cm³/mol. The molecule has 0 unspecified atom stereocenters. The Labute approximate surface area is 150 Å². The molecule has 2 aliphatic heterocycles. The molecule has 7 heteroatoms. The molecule has 1 aliphatic carbocycles. The number of fused-ring (bicyclic) bond motifs is 1.